The first kappa shape index (κ1) is 11.6. The number of hydrogen-bond donors (Lipinski definition) is 1. The van der Waals surface area contributed by atoms with Gasteiger partial charge in [-0.05, 0) is 23.3 Å². The Morgan fingerprint density at radius 3 is 1.75 bits per heavy atom. The summed E-state index contributed by atoms with van der Waals surface area (Å²) in [5.41, 5.74) is 2.03. The van der Waals surface area contributed by atoms with Gasteiger partial charge < -0.3 is 5.11 Å². The molecular weight excluding hydrogens is 236 g/mol. The van der Waals surface area contributed by atoms with E-state index in [0.717, 1.165) is 20.9 Å². The van der Waals surface area contributed by atoms with Crippen molar-refractivity contribution >= 4 is 25.3 Å². The first-order valence-electron chi connectivity index (χ1n) is 4.90. The van der Waals surface area contributed by atoms with E-state index in [-0.39, 0.29) is 13.5 Å². The summed E-state index contributed by atoms with van der Waals surface area (Å²) in [5, 5.41) is 10.2. The van der Waals surface area contributed by atoms with Crippen LogP contribution < -0.4 is 0 Å². The van der Waals surface area contributed by atoms with Crippen LogP contribution in [0.3, 0.4) is 0 Å². The average Bonchev–Trinajstić information content (AvgIpc) is 2.30. The second-order valence-electron chi connectivity index (χ2n) is 3.58. The van der Waals surface area contributed by atoms with Crippen molar-refractivity contribution in [3.05, 3.63) is 59.7 Å². The second-order valence-corrected chi connectivity index (χ2v) is 4.66. The zero-order chi connectivity index (χ0) is 10.3. The lowest BCUT2D eigenvalue weighted by atomic mass is 10.0. The fourth-order valence-electron chi connectivity index (χ4n) is 1.88. The lowest BCUT2D eigenvalue weighted by Gasteiger charge is -2.23. The lowest BCUT2D eigenvalue weighted by Crippen LogP contribution is -2.06. The molecule has 3 heteroatoms. The molecular formula is C13H12OS2. The maximum Gasteiger partial charge on any atom is 0.106 e. The quantitative estimate of drug-likeness (QED) is 0.771. The van der Waals surface area contributed by atoms with Crippen LogP contribution in [0.4, 0.5) is 0 Å². The number of rotatable bonds is 0. The molecule has 0 amide bonds. The van der Waals surface area contributed by atoms with Gasteiger partial charge in [-0.15, -0.1) is 0 Å². The third-order valence-electron chi connectivity index (χ3n) is 2.65. The highest BCUT2D eigenvalue weighted by atomic mass is 32.2. The molecule has 0 unspecified atom stereocenters. The maximum absolute atomic E-state index is 10.2. The molecule has 0 aromatic heterocycles. The Labute approximate surface area is 106 Å². The SMILES string of the molecule is OC1c2ccccc2Sc2ccccc21.S. The summed E-state index contributed by atoms with van der Waals surface area (Å²) in [7, 11) is 0. The summed E-state index contributed by atoms with van der Waals surface area (Å²) in [4.78, 5) is 2.31. The molecule has 0 spiro atoms. The predicted molar refractivity (Wildman–Crippen MR) is 71.4 cm³/mol. The van der Waals surface area contributed by atoms with Gasteiger partial charge in [-0.2, -0.15) is 13.5 Å². The van der Waals surface area contributed by atoms with Crippen molar-refractivity contribution < 1.29 is 5.11 Å². The molecule has 1 nitrogen and oxygen atoms in total. The van der Waals surface area contributed by atoms with Crippen LogP contribution in [0, 0.1) is 0 Å². The van der Waals surface area contributed by atoms with Gasteiger partial charge in [0, 0.05) is 9.79 Å². The predicted octanol–water partition coefficient (Wildman–Crippen LogP) is 3.35. The molecule has 0 atom stereocenters. The highest BCUT2D eigenvalue weighted by molar-refractivity contribution is 7.99. The van der Waals surface area contributed by atoms with Crippen LogP contribution in [-0.4, -0.2) is 5.11 Å². The van der Waals surface area contributed by atoms with Gasteiger partial charge in [-0.3, -0.25) is 0 Å². The van der Waals surface area contributed by atoms with Crippen molar-refractivity contribution in [2.45, 2.75) is 15.9 Å². The van der Waals surface area contributed by atoms with E-state index >= 15 is 0 Å². The molecule has 1 heterocycles. The molecule has 1 aliphatic heterocycles. The number of benzene rings is 2. The normalized spacial score (nSPS) is 13.6. The highest BCUT2D eigenvalue weighted by Crippen LogP contribution is 2.44. The van der Waals surface area contributed by atoms with Crippen molar-refractivity contribution in [2.75, 3.05) is 0 Å². The average molecular weight is 248 g/mol. The van der Waals surface area contributed by atoms with Crippen LogP contribution in [0.1, 0.15) is 17.2 Å². The van der Waals surface area contributed by atoms with Gasteiger partial charge in [0.25, 0.3) is 0 Å². The molecule has 0 saturated carbocycles. The van der Waals surface area contributed by atoms with Crippen LogP contribution in [0.2, 0.25) is 0 Å². The van der Waals surface area contributed by atoms with Gasteiger partial charge in [0.05, 0.1) is 0 Å². The molecule has 1 N–H and O–H groups in total. The van der Waals surface area contributed by atoms with E-state index in [1.807, 2.05) is 36.4 Å². The third-order valence-corrected chi connectivity index (χ3v) is 3.83. The van der Waals surface area contributed by atoms with E-state index in [9.17, 15) is 5.11 Å². The Bertz CT molecular complexity index is 465. The number of aliphatic hydroxyl groups excluding tert-OH is 1. The first-order chi connectivity index (χ1) is 7.36. The van der Waals surface area contributed by atoms with Crippen molar-refractivity contribution in [3.8, 4) is 0 Å². The van der Waals surface area contributed by atoms with Crippen molar-refractivity contribution in [2.24, 2.45) is 0 Å². The van der Waals surface area contributed by atoms with Gasteiger partial charge in [0.2, 0.25) is 0 Å². The van der Waals surface area contributed by atoms with Crippen molar-refractivity contribution in [1.82, 2.24) is 0 Å². The molecule has 0 aliphatic carbocycles. The topological polar surface area (TPSA) is 20.2 Å². The summed E-state index contributed by atoms with van der Waals surface area (Å²) in [6.45, 7) is 0. The number of hydrogen-bond acceptors (Lipinski definition) is 2. The Morgan fingerprint density at radius 2 is 1.25 bits per heavy atom. The third kappa shape index (κ3) is 1.75. The smallest absolute Gasteiger partial charge is 0.106 e. The van der Waals surface area contributed by atoms with E-state index in [1.165, 1.54) is 0 Å². The Kier molecular flexibility index (Phi) is 3.28. The largest absolute Gasteiger partial charge is 0.384 e. The summed E-state index contributed by atoms with van der Waals surface area (Å²) in [6, 6.07) is 16.0. The van der Waals surface area contributed by atoms with Crippen LogP contribution in [-0.2, 0) is 0 Å². The number of aliphatic hydroxyl groups is 1. The molecule has 0 bridgehead atoms. The van der Waals surface area contributed by atoms with Crippen LogP contribution in [0.5, 0.6) is 0 Å². The van der Waals surface area contributed by atoms with E-state index in [4.69, 9.17) is 0 Å². The van der Waals surface area contributed by atoms with Crippen molar-refractivity contribution in [3.63, 3.8) is 0 Å². The van der Waals surface area contributed by atoms with Crippen LogP contribution >= 0.6 is 25.3 Å². The Balaban J connectivity index is 0.000000963. The fraction of sp³-hybridized carbons (Fsp3) is 0.0769. The first-order valence-corrected chi connectivity index (χ1v) is 5.71. The minimum atomic E-state index is -0.473. The zero-order valence-electron chi connectivity index (χ0n) is 8.55. The van der Waals surface area contributed by atoms with Gasteiger partial charge in [0.15, 0.2) is 0 Å². The van der Waals surface area contributed by atoms with Crippen molar-refractivity contribution in [1.29, 1.82) is 0 Å². The lowest BCUT2D eigenvalue weighted by molar-refractivity contribution is 0.213. The molecule has 2 aromatic carbocycles. The minimum absolute atomic E-state index is 0. The standard InChI is InChI=1S/C13H10OS.H2S/c14-13-9-5-1-3-7-11(9)15-12-8-4-2-6-10(12)13;/h1-8,13-14H;1H2. The molecule has 3 rings (SSSR count). The molecule has 2 aromatic rings. The van der Waals surface area contributed by atoms with E-state index in [0.29, 0.717) is 0 Å². The molecule has 16 heavy (non-hydrogen) atoms. The minimum Gasteiger partial charge on any atom is -0.384 e. The van der Waals surface area contributed by atoms with E-state index < -0.39 is 6.10 Å². The highest BCUT2D eigenvalue weighted by Gasteiger charge is 2.23. The van der Waals surface area contributed by atoms with Crippen LogP contribution in [0.15, 0.2) is 58.3 Å². The summed E-state index contributed by atoms with van der Waals surface area (Å²) in [5.74, 6) is 0. The Hall–Kier alpha value is -0.900. The molecule has 0 saturated heterocycles. The number of fused-ring (bicyclic) bond motifs is 2. The van der Waals surface area contributed by atoms with Crippen LogP contribution in [0.25, 0.3) is 0 Å². The Morgan fingerprint density at radius 1 is 0.812 bits per heavy atom. The van der Waals surface area contributed by atoms with E-state index in [2.05, 4.69) is 12.1 Å². The fourth-order valence-corrected chi connectivity index (χ4v) is 3.01. The maximum atomic E-state index is 10.2. The molecule has 0 fully saturated rings. The van der Waals surface area contributed by atoms with E-state index in [1.54, 1.807) is 11.8 Å². The second kappa shape index (κ2) is 4.53. The summed E-state index contributed by atoms with van der Waals surface area (Å²) >= 11 is 1.73. The zero-order valence-corrected chi connectivity index (χ0v) is 10.4. The van der Waals surface area contributed by atoms with Gasteiger partial charge >= 0.3 is 0 Å². The van der Waals surface area contributed by atoms with Gasteiger partial charge in [0.1, 0.15) is 6.10 Å². The van der Waals surface area contributed by atoms with Gasteiger partial charge in [-0.1, -0.05) is 48.2 Å². The summed E-state index contributed by atoms with van der Waals surface area (Å²) in [6.07, 6.45) is -0.473. The monoisotopic (exact) mass is 248 g/mol. The molecule has 0 radical (unpaired) electrons. The molecule has 1 aliphatic rings. The van der Waals surface area contributed by atoms with Gasteiger partial charge in [-0.25, -0.2) is 0 Å². The molecule has 82 valence electrons. The summed E-state index contributed by atoms with van der Waals surface area (Å²) < 4.78 is 0.